The van der Waals surface area contributed by atoms with Gasteiger partial charge in [-0.25, -0.2) is 0 Å². The van der Waals surface area contributed by atoms with Crippen LogP contribution in [0.1, 0.15) is 57.0 Å². The molecule has 152 valence electrons. The van der Waals surface area contributed by atoms with E-state index in [9.17, 15) is 4.79 Å². The molecule has 0 saturated carbocycles. The first-order valence-electron chi connectivity index (χ1n) is 10.6. The molecule has 3 heterocycles. The van der Waals surface area contributed by atoms with Crippen molar-refractivity contribution >= 4 is 5.91 Å². The van der Waals surface area contributed by atoms with Gasteiger partial charge in [0.1, 0.15) is 18.1 Å². The summed E-state index contributed by atoms with van der Waals surface area (Å²) < 4.78 is 5.58. The molecule has 2 aliphatic rings. The number of likely N-dealkylation sites (tertiary alicyclic amines) is 2. The minimum absolute atomic E-state index is 0.0403. The summed E-state index contributed by atoms with van der Waals surface area (Å²) in [5.41, 5.74) is 0. The Balaban J connectivity index is 1.29. The van der Waals surface area contributed by atoms with E-state index in [1.165, 1.54) is 19.4 Å². The van der Waals surface area contributed by atoms with Crippen molar-refractivity contribution in [2.75, 3.05) is 32.7 Å². The van der Waals surface area contributed by atoms with Crippen LogP contribution in [0.2, 0.25) is 0 Å². The first-order chi connectivity index (χ1) is 13.2. The fraction of sp³-hybridized carbons (Fsp3) is 0.762. The highest BCUT2D eigenvalue weighted by Gasteiger charge is 2.24. The Kier molecular flexibility index (Phi) is 7.73. The van der Waals surface area contributed by atoms with Gasteiger partial charge in [0.2, 0.25) is 5.91 Å². The third-order valence-electron chi connectivity index (χ3n) is 6.18. The van der Waals surface area contributed by atoms with E-state index in [0.29, 0.717) is 24.1 Å². The van der Waals surface area contributed by atoms with Crippen LogP contribution in [0.25, 0.3) is 0 Å². The van der Waals surface area contributed by atoms with Gasteiger partial charge in [-0.05, 0) is 76.3 Å². The molecule has 3 rings (SSSR count). The third kappa shape index (κ3) is 6.06. The third-order valence-corrected chi connectivity index (χ3v) is 6.18. The summed E-state index contributed by atoms with van der Waals surface area (Å²) in [6, 6.07) is 4.33. The molecular weight excluding hydrogens is 342 g/mol. The smallest absolute Gasteiger partial charge is 0.220 e. The largest absolute Gasteiger partial charge is 0.462 e. The zero-order valence-corrected chi connectivity index (χ0v) is 16.7. The lowest BCUT2D eigenvalue weighted by Crippen LogP contribution is -2.40. The summed E-state index contributed by atoms with van der Waals surface area (Å²) in [5, 5.41) is 12.2. The van der Waals surface area contributed by atoms with Crippen molar-refractivity contribution < 1.29 is 14.3 Å². The van der Waals surface area contributed by atoms with Gasteiger partial charge in [-0.3, -0.25) is 14.6 Å². The molecule has 0 radical (unpaired) electrons. The van der Waals surface area contributed by atoms with Crippen molar-refractivity contribution in [3.63, 3.8) is 0 Å². The number of carbonyl (C=O) groups is 1. The Morgan fingerprint density at radius 1 is 1.22 bits per heavy atom. The lowest BCUT2D eigenvalue weighted by molar-refractivity contribution is -0.121. The van der Waals surface area contributed by atoms with Gasteiger partial charge in [-0.1, -0.05) is 6.92 Å². The summed E-state index contributed by atoms with van der Waals surface area (Å²) in [6.45, 7) is 8.13. The highest BCUT2D eigenvalue weighted by molar-refractivity contribution is 5.75. The van der Waals surface area contributed by atoms with Crippen molar-refractivity contribution in [3.05, 3.63) is 23.7 Å². The fourth-order valence-electron chi connectivity index (χ4n) is 4.44. The van der Waals surface area contributed by atoms with Crippen LogP contribution < -0.4 is 5.32 Å². The number of rotatable bonds is 9. The van der Waals surface area contributed by atoms with E-state index in [1.54, 1.807) is 0 Å². The topological polar surface area (TPSA) is 69.0 Å². The molecule has 27 heavy (non-hydrogen) atoms. The molecule has 6 nitrogen and oxygen atoms in total. The predicted octanol–water partition coefficient (Wildman–Crippen LogP) is 2.36. The highest BCUT2D eigenvalue weighted by Crippen LogP contribution is 2.23. The summed E-state index contributed by atoms with van der Waals surface area (Å²) >= 11 is 0. The number of aliphatic hydroxyl groups is 1. The highest BCUT2D eigenvalue weighted by atomic mass is 16.4. The van der Waals surface area contributed by atoms with E-state index in [4.69, 9.17) is 9.52 Å². The molecule has 1 aromatic heterocycles. The number of furan rings is 1. The SMILES string of the molecule is CCN1CCC[C@@H]1CNC(=O)CCC1CCN(Cc2ccc(CO)o2)CC1. The Morgan fingerprint density at radius 2 is 2.00 bits per heavy atom. The van der Waals surface area contributed by atoms with Crippen LogP contribution in [0.15, 0.2) is 16.5 Å². The number of nitrogens with zero attached hydrogens (tertiary/aromatic N) is 2. The summed E-state index contributed by atoms with van der Waals surface area (Å²) in [6.07, 6.45) is 6.41. The molecule has 0 spiro atoms. The zero-order valence-electron chi connectivity index (χ0n) is 16.7. The molecule has 0 aliphatic carbocycles. The van der Waals surface area contributed by atoms with Crippen molar-refractivity contribution in [2.45, 2.75) is 64.6 Å². The molecule has 2 N–H and O–H groups in total. The zero-order chi connectivity index (χ0) is 19.1. The van der Waals surface area contributed by atoms with Crippen LogP contribution in [-0.4, -0.2) is 59.6 Å². The van der Waals surface area contributed by atoms with Gasteiger partial charge in [-0.15, -0.1) is 0 Å². The van der Waals surface area contributed by atoms with E-state index < -0.39 is 0 Å². The second-order valence-corrected chi connectivity index (χ2v) is 8.01. The lowest BCUT2D eigenvalue weighted by Gasteiger charge is -2.31. The first-order valence-corrected chi connectivity index (χ1v) is 10.6. The van der Waals surface area contributed by atoms with Crippen molar-refractivity contribution in [2.24, 2.45) is 5.92 Å². The standard InChI is InChI=1S/C21H35N3O3/c1-2-24-11-3-4-18(24)14-22-21(26)8-5-17-9-12-23(13-10-17)15-19-6-7-20(16-25)27-19/h6-7,17-18,25H,2-5,8-16H2,1H3,(H,22,26)/t18-/m1/s1. The molecule has 1 atom stereocenters. The molecule has 0 unspecified atom stereocenters. The Hall–Kier alpha value is -1.37. The van der Waals surface area contributed by atoms with Crippen molar-refractivity contribution in [3.8, 4) is 0 Å². The summed E-state index contributed by atoms with van der Waals surface area (Å²) in [4.78, 5) is 17.1. The summed E-state index contributed by atoms with van der Waals surface area (Å²) in [5.74, 6) is 2.41. The number of hydrogen-bond donors (Lipinski definition) is 2. The molecule has 2 fully saturated rings. The number of piperidine rings is 1. The van der Waals surface area contributed by atoms with Gasteiger partial charge in [0.15, 0.2) is 0 Å². The number of hydrogen-bond acceptors (Lipinski definition) is 5. The monoisotopic (exact) mass is 377 g/mol. The maximum atomic E-state index is 12.2. The maximum Gasteiger partial charge on any atom is 0.220 e. The molecule has 1 amide bonds. The number of carbonyl (C=O) groups excluding carboxylic acids is 1. The van der Waals surface area contributed by atoms with Crippen LogP contribution in [0.3, 0.4) is 0 Å². The normalized spacial score (nSPS) is 22.4. The van der Waals surface area contributed by atoms with Gasteiger partial charge in [0.05, 0.1) is 6.54 Å². The Morgan fingerprint density at radius 3 is 2.70 bits per heavy atom. The fourth-order valence-corrected chi connectivity index (χ4v) is 4.44. The molecule has 0 bridgehead atoms. The van der Waals surface area contributed by atoms with Gasteiger partial charge < -0.3 is 14.8 Å². The van der Waals surface area contributed by atoms with E-state index >= 15 is 0 Å². The van der Waals surface area contributed by atoms with Crippen LogP contribution >= 0.6 is 0 Å². The molecular formula is C21H35N3O3. The number of likely N-dealkylation sites (N-methyl/N-ethyl adjacent to an activating group) is 1. The van der Waals surface area contributed by atoms with Gasteiger partial charge in [0, 0.05) is 19.0 Å². The van der Waals surface area contributed by atoms with Gasteiger partial charge in [0.25, 0.3) is 0 Å². The molecule has 0 aromatic carbocycles. The van der Waals surface area contributed by atoms with Gasteiger partial charge in [-0.2, -0.15) is 0 Å². The Labute approximate surface area is 162 Å². The van der Waals surface area contributed by atoms with E-state index in [1.807, 2.05) is 12.1 Å². The van der Waals surface area contributed by atoms with Crippen LogP contribution in [0.5, 0.6) is 0 Å². The average Bonchev–Trinajstić information content (AvgIpc) is 3.34. The van der Waals surface area contributed by atoms with Crippen LogP contribution in [0.4, 0.5) is 0 Å². The molecule has 2 saturated heterocycles. The minimum Gasteiger partial charge on any atom is -0.462 e. The van der Waals surface area contributed by atoms with Crippen molar-refractivity contribution in [1.29, 1.82) is 0 Å². The van der Waals surface area contributed by atoms with E-state index in [-0.39, 0.29) is 12.5 Å². The number of amides is 1. The van der Waals surface area contributed by atoms with E-state index in [0.717, 1.165) is 57.7 Å². The van der Waals surface area contributed by atoms with E-state index in [2.05, 4.69) is 22.0 Å². The number of nitrogens with one attached hydrogen (secondary N) is 1. The summed E-state index contributed by atoms with van der Waals surface area (Å²) in [7, 11) is 0. The van der Waals surface area contributed by atoms with Crippen LogP contribution in [0, 0.1) is 5.92 Å². The minimum atomic E-state index is -0.0403. The molecule has 1 aromatic rings. The molecule has 6 heteroatoms. The predicted molar refractivity (Wildman–Crippen MR) is 105 cm³/mol. The quantitative estimate of drug-likeness (QED) is 0.691. The average molecular weight is 378 g/mol. The lowest BCUT2D eigenvalue weighted by atomic mass is 9.92. The Bertz CT molecular complexity index is 581. The first kappa shape index (κ1) is 20.4. The molecule has 2 aliphatic heterocycles. The number of aliphatic hydroxyl groups excluding tert-OH is 1. The van der Waals surface area contributed by atoms with Gasteiger partial charge >= 0.3 is 0 Å². The second kappa shape index (κ2) is 10.2. The van der Waals surface area contributed by atoms with Crippen LogP contribution in [-0.2, 0) is 17.9 Å². The second-order valence-electron chi connectivity index (χ2n) is 8.01. The maximum absolute atomic E-state index is 12.2. The van der Waals surface area contributed by atoms with Crippen molar-refractivity contribution in [1.82, 2.24) is 15.1 Å².